The second-order valence-corrected chi connectivity index (χ2v) is 4.64. The number of imidazole rings is 1. The molecule has 4 nitrogen and oxygen atoms in total. The van der Waals surface area contributed by atoms with Crippen LogP contribution < -0.4 is 0 Å². The Morgan fingerprint density at radius 3 is 3.06 bits per heavy atom. The molecule has 6 heteroatoms. The highest BCUT2D eigenvalue weighted by atomic mass is 32.2. The van der Waals surface area contributed by atoms with Gasteiger partial charge in [0, 0.05) is 12.4 Å². The summed E-state index contributed by atoms with van der Waals surface area (Å²) in [5.74, 6) is -1.32. The summed E-state index contributed by atoms with van der Waals surface area (Å²) in [6.07, 6.45) is 3.25. The number of benzene rings is 1. The first-order valence-electron chi connectivity index (χ1n) is 5.22. The van der Waals surface area contributed by atoms with Crippen LogP contribution >= 0.6 is 11.8 Å². The highest BCUT2D eigenvalue weighted by Gasteiger charge is 2.10. The van der Waals surface area contributed by atoms with Crippen LogP contribution in [-0.2, 0) is 4.79 Å². The summed E-state index contributed by atoms with van der Waals surface area (Å²) in [4.78, 5) is 14.6. The van der Waals surface area contributed by atoms with Gasteiger partial charge >= 0.3 is 5.97 Å². The summed E-state index contributed by atoms with van der Waals surface area (Å²) in [6.45, 7) is 1.86. The molecular formula is C12H11FN2O2S. The zero-order valence-electron chi connectivity index (χ0n) is 9.63. The van der Waals surface area contributed by atoms with Gasteiger partial charge in [0.25, 0.3) is 0 Å². The molecule has 0 saturated heterocycles. The number of carboxylic acids is 1. The van der Waals surface area contributed by atoms with Crippen LogP contribution in [0.4, 0.5) is 4.39 Å². The SMILES string of the molecule is Cc1ccc(F)cc1-n1ccnc1SCC(=O)O. The highest BCUT2D eigenvalue weighted by molar-refractivity contribution is 7.99. The number of aromatic nitrogens is 2. The van der Waals surface area contributed by atoms with E-state index in [1.165, 1.54) is 12.1 Å². The second-order valence-electron chi connectivity index (χ2n) is 3.69. The highest BCUT2D eigenvalue weighted by Crippen LogP contribution is 2.23. The summed E-state index contributed by atoms with van der Waals surface area (Å²) in [7, 11) is 0. The number of thioether (sulfide) groups is 1. The lowest BCUT2D eigenvalue weighted by Crippen LogP contribution is -2.02. The van der Waals surface area contributed by atoms with Gasteiger partial charge in [0.15, 0.2) is 5.16 Å². The molecule has 0 radical (unpaired) electrons. The van der Waals surface area contributed by atoms with Crippen molar-refractivity contribution in [2.24, 2.45) is 0 Å². The van der Waals surface area contributed by atoms with E-state index in [1.54, 1.807) is 23.0 Å². The third kappa shape index (κ3) is 2.70. The topological polar surface area (TPSA) is 55.1 Å². The van der Waals surface area contributed by atoms with E-state index in [1.807, 2.05) is 6.92 Å². The van der Waals surface area contributed by atoms with Crippen LogP contribution in [0.1, 0.15) is 5.56 Å². The Hall–Kier alpha value is -1.82. The predicted molar refractivity (Wildman–Crippen MR) is 66.6 cm³/mol. The fourth-order valence-electron chi connectivity index (χ4n) is 1.55. The number of hydrogen-bond donors (Lipinski definition) is 1. The molecule has 0 aliphatic rings. The number of rotatable bonds is 4. The number of hydrogen-bond acceptors (Lipinski definition) is 3. The molecule has 1 aromatic carbocycles. The van der Waals surface area contributed by atoms with E-state index in [2.05, 4.69) is 4.98 Å². The maximum absolute atomic E-state index is 13.3. The average Bonchev–Trinajstić information content (AvgIpc) is 2.77. The van der Waals surface area contributed by atoms with Crippen LogP contribution in [0.25, 0.3) is 5.69 Å². The normalized spacial score (nSPS) is 10.6. The van der Waals surface area contributed by atoms with E-state index < -0.39 is 5.97 Å². The smallest absolute Gasteiger partial charge is 0.313 e. The van der Waals surface area contributed by atoms with E-state index in [0.717, 1.165) is 17.3 Å². The van der Waals surface area contributed by atoms with Crippen LogP contribution in [0.2, 0.25) is 0 Å². The molecule has 0 amide bonds. The number of carboxylic acid groups (broad SMARTS) is 1. The molecule has 2 aromatic rings. The molecule has 0 bridgehead atoms. The Morgan fingerprint density at radius 1 is 1.56 bits per heavy atom. The Labute approximate surface area is 107 Å². The molecule has 0 unspecified atom stereocenters. The van der Waals surface area contributed by atoms with Gasteiger partial charge in [-0.3, -0.25) is 9.36 Å². The number of aliphatic carboxylic acids is 1. The van der Waals surface area contributed by atoms with E-state index in [9.17, 15) is 9.18 Å². The van der Waals surface area contributed by atoms with Crippen molar-refractivity contribution in [3.8, 4) is 5.69 Å². The number of aryl methyl sites for hydroxylation is 1. The van der Waals surface area contributed by atoms with Crippen molar-refractivity contribution in [3.05, 3.63) is 42.0 Å². The second kappa shape index (κ2) is 5.22. The van der Waals surface area contributed by atoms with Crippen molar-refractivity contribution in [1.29, 1.82) is 0 Å². The fourth-order valence-corrected chi connectivity index (χ4v) is 2.23. The van der Waals surface area contributed by atoms with Crippen LogP contribution in [0.15, 0.2) is 35.7 Å². The van der Waals surface area contributed by atoms with Crippen LogP contribution in [0, 0.1) is 12.7 Å². The van der Waals surface area contributed by atoms with Gasteiger partial charge in [0.1, 0.15) is 5.82 Å². The van der Waals surface area contributed by atoms with E-state index in [4.69, 9.17) is 5.11 Å². The van der Waals surface area contributed by atoms with Crippen LogP contribution in [0.3, 0.4) is 0 Å². The van der Waals surface area contributed by atoms with E-state index in [0.29, 0.717) is 10.8 Å². The zero-order chi connectivity index (χ0) is 13.1. The Balaban J connectivity index is 2.36. The maximum atomic E-state index is 13.3. The standard InChI is InChI=1S/C12H11FN2O2S/c1-8-2-3-9(13)6-10(8)15-5-4-14-12(15)18-7-11(16)17/h2-6H,7H2,1H3,(H,16,17). The lowest BCUT2D eigenvalue weighted by molar-refractivity contribution is -0.133. The Bertz CT molecular complexity index is 583. The molecule has 0 spiro atoms. The monoisotopic (exact) mass is 266 g/mol. The maximum Gasteiger partial charge on any atom is 0.313 e. The summed E-state index contributed by atoms with van der Waals surface area (Å²) >= 11 is 1.10. The first kappa shape index (κ1) is 12.6. The summed E-state index contributed by atoms with van der Waals surface area (Å²) in [5, 5.41) is 9.19. The van der Waals surface area contributed by atoms with Gasteiger partial charge in [0.05, 0.1) is 11.4 Å². The number of halogens is 1. The molecule has 1 aromatic heterocycles. The summed E-state index contributed by atoms with van der Waals surface area (Å²) in [5.41, 5.74) is 1.56. The minimum absolute atomic E-state index is 0.0780. The third-order valence-electron chi connectivity index (χ3n) is 2.36. The Kier molecular flexibility index (Phi) is 3.66. The van der Waals surface area contributed by atoms with Crippen molar-refractivity contribution in [2.75, 3.05) is 5.75 Å². The third-order valence-corrected chi connectivity index (χ3v) is 3.31. The summed E-state index contributed by atoms with van der Waals surface area (Å²) in [6, 6.07) is 4.47. The van der Waals surface area contributed by atoms with Crippen molar-refractivity contribution < 1.29 is 14.3 Å². The lowest BCUT2D eigenvalue weighted by Gasteiger charge is -2.09. The number of carbonyl (C=O) groups is 1. The first-order chi connectivity index (χ1) is 8.58. The zero-order valence-corrected chi connectivity index (χ0v) is 10.4. The van der Waals surface area contributed by atoms with Gasteiger partial charge in [-0.1, -0.05) is 17.8 Å². The molecule has 0 aliphatic heterocycles. The van der Waals surface area contributed by atoms with Gasteiger partial charge in [-0.15, -0.1) is 0 Å². The van der Waals surface area contributed by atoms with Crippen LogP contribution in [-0.4, -0.2) is 26.4 Å². The van der Waals surface area contributed by atoms with Crippen molar-refractivity contribution in [1.82, 2.24) is 9.55 Å². The summed E-state index contributed by atoms with van der Waals surface area (Å²) < 4.78 is 14.9. The van der Waals surface area contributed by atoms with Gasteiger partial charge in [-0.05, 0) is 24.6 Å². The van der Waals surface area contributed by atoms with Crippen molar-refractivity contribution in [3.63, 3.8) is 0 Å². The lowest BCUT2D eigenvalue weighted by atomic mass is 10.2. The van der Waals surface area contributed by atoms with E-state index >= 15 is 0 Å². The van der Waals surface area contributed by atoms with Gasteiger partial charge in [-0.25, -0.2) is 9.37 Å². The van der Waals surface area contributed by atoms with Gasteiger partial charge in [-0.2, -0.15) is 0 Å². The average molecular weight is 266 g/mol. The minimum atomic E-state index is -0.912. The minimum Gasteiger partial charge on any atom is -0.481 e. The molecule has 18 heavy (non-hydrogen) atoms. The van der Waals surface area contributed by atoms with Crippen molar-refractivity contribution >= 4 is 17.7 Å². The quantitative estimate of drug-likeness (QED) is 0.864. The largest absolute Gasteiger partial charge is 0.481 e. The first-order valence-corrected chi connectivity index (χ1v) is 6.21. The molecular weight excluding hydrogens is 255 g/mol. The van der Waals surface area contributed by atoms with Gasteiger partial charge in [0.2, 0.25) is 0 Å². The predicted octanol–water partition coefficient (Wildman–Crippen LogP) is 2.50. The molecule has 94 valence electrons. The molecule has 0 aliphatic carbocycles. The number of nitrogens with zero attached hydrogens (tertiary/aromatic N) is 2. The van der Waals surface area contributed by atoms with Gasteiger partial charge < -0.3 is 5.11 Å². The fraction of sp³-hybridized carbons (Fsp3) is 0.167. The molecule has 0 fully saturated rings. The molecule has 1 N–H and O–H groups in total. The van der Waals surface area contributed by atoms with Crippen molar-refractivity contribution in [2.45, 2.75) is 12.1 Å². The molecule has 2 rings (SSSR count). The molecule has 0 saturated carbocycles. The Morgan fingerprint density at radius 2 is 2.33 bits per heavy atom. The van der Waals surface area contributed by atoms with E-state index in [-0.39, 0.29) is 11.6 Å². The molecule has 1 heterocycles. The van der Waals surface area contributed by atoms with Crippen LogP contribution in [0.5, 0.6) is 0 Å². The molecule has 0 atom stereocenters.